The average Bonchev–Trinajstić information content (AvgIpc) is 3.63. The van der Waals surface area contributed by atoms with Gasteiger partial charge in [0.25, 0.3) is 0 Å². The minimum Gasteiger partial charge on any atom is -0.481 e. The highest BCUT2D eigenvalue weighted by Gasteiger charge is 2.32. The predicted octanol–water partition coefficient (Wildman–Crippen LogP) is 7.23. The van der Waals surface area contributed by atoms with Gasteiger partial charge in [0.15, 0.2) is 0 Å². The van der Waals surface area contributed by atoms with Crippen molar-refractivity contribution in [2.75, 3.05) is 6.61 Å². The fourth-order valence-electron chi connectivity index (χ4n) is 3.71. The van der Waals surface area contributed by atoms with E-state index in [1.807, 2.05) is 19.1 Å². The van der Waals surface area contributed by atoms with Crippen LogP contribution in [0.3, 0.4) is 0 Å². The average molecular weight is 421 g/mol. The quantitative estimate of drug-likeness (QED) is 0.153. The van der Waals surface area contributed by atoms with Crippen LogP contribution in [0.15, 0.2) is 23.3 Å². The number of aliphatic carboxylic acids is 1. The van der Waals surface area contributed by atoms with Gasteiger partial charge in [-0.25, -0.2) is 0 Å². The molecule has 0 spiro atoms. The maximum absolute atomic E-state index is 11.3. The van der Waals surface area contributed by atoms with Gasteiger partial charge in [0.1, 0.15) is 0 Å². The number of carbonyl (C=O) groups is 2. The number of rotatable bonds is 17. The molecule has 2 unspecified atom stereocenters. The zero-order valence-electron chi connectivity index (χ0n) is 19.6. The van der Waals surface area contributed by atoms with Crippen LogP contribution >= 0.6 is 0 Å². The number of carboxylic acids is 1. The van der Waals surface area contributed by atoms with Gasteiger partial charge in [-0.3, -0.25) is 9.59 Å². The Morgan fingerprint density at radius 2 is 1.17 bits per heavy atom. The van der Waals surface area contributed by atoms with Crippen LogP contribution in [0.5, 0.6) is 0 Å². The molecule has 0 bridgehead atoms. The van der Waals surface area contributed by atoms with Crippen molar-refractivity contribution < 1.29 is 19.4 Å². The van der Waals surface area contributed by atoms with Gasteiger partial charge in [-0.2, -0.15) is 0 Å². The molecule has 0 aromatic heterocycles. The van der Waals surface area contributed by atoms with Crippen LogP contribution < -0.4 is 0 Å². The van der Waals surface area contributed by atoms with E-state index >= 15 is 0 Å². The van der Waals surface area contributed by atoms with E-state index in [0.717, 1.165) is 18.4 Å². The lowest BCUT2D eigenvalue weighted by Gasteiger charge is -2.01. The van der Waals surface area contributed by atoms with Crippen LogP contribution in [-0.4, -0.2) is 23.7 Å². The lowest BCUT2D eigenvalue weighted by molar-refractivity contribution is -0.144. The molecule has 30 heavy (non-hydrogen) atoms. The number of carboxylic acid groups (broad SMARTS) is 1. The van der Waals surface area contributed by atoms with Gasteiger partial charge in [-0.05, 0) is 32.6 Å². The van der Waals surface area contributed by atoms with Crippen LogP contribution in [0.2, 0.25) is 0 Å². The first-order valence-electron chi connectivity index (χ1n) is 12.4. The normalized spacial score (nSPS) is 18.6. The molecule has 1 N–H and O–H groups in total. The first kappa shape index (κ1) is 26.5. The third-order valence-electron chi connectivity index (χ3n) is 5.79. The fraction of sp³-hybridized carbons (Fsp3) is 0.769. The Balaban J connectivity index is 0.000000303. The summed E-state index contributed by atoms with van der Waals surface area (Å²) in [5.41, 5.74) is 2.45. The summed E-state index contributed by atoms with van der Waals surface area (Å²) in [7, 11) is 0. The second-order valence-corrected chi connectivity index (χ2v) is 8.56. The summed E-state index contributed by atoms with van der Waals surface area (Å²) in [6.07, 6.45) is 21.6. The molecule has 172 valence electrons. The van der Waals surface area contributed by atoms with Gasteiger partial charge in [-0.15, -0.1) is 0 Å². The molecule has 0 fully saturated rings. The summed E-state index contributed by atoms with van der Waals surface area (Å²) in [5, 5.41) is 8.64. The number of ether oxygens (including phenoxy) is 1. The monoisotopic (exact) mass is 420 g/mol. The standard InChI is InChI=1S/C14H24O2.C12H20O2/c1-3-5-6-7-8-9-10-12-11-13(12)14(15)16-4-2;1-2-3-4-5-6-7-8-10-9-11(10)12(13)14/h11,13H,3-10H2,1-2H3;9,11H,2-8H2,1H3,(H,13,14). The topological polar surface area (TPSA) is 63.6 Å². The number of hydrogen-bond donors (Lipinski definition) is 1. The third-order valence-corrected chi connectivity index (χ3v) is 5.79. The zero-order chi connectivity index (χ0) is 22.2. The Morgan fingerprint density at radius 1 is 0.733 bits per heavy atom. The van der Waals surface area contributed by atoms with E-state index in [-0.39, 0.29) is 17.8 Å². The first-order valence-corrected chi connectivity index (χ1v) is 12.4. The molecule has 0 saturated heterocycles. The van der Waals surface area contributed by atoms with E-state index in [1.54, 1.807) is 0 Å². The SMILES string of the molecule is CCCCCCCCC1=CC1C(=O)O.CCCCCCCCC1=CC1C(=O)OCC. The van der Waals surface area contributed by atoms with Crippen molar-refractivity contribution in [1.29, 1.82) is 0 Å². The smallest absolute Gasteiger partial charge is 0.316 e. The Kier molecular flexibility index (Phi) is 14.2. The highest BCUT2D eigenvalue weighted by atomic mass is 16.5. The van der Waals surface area contributed by atoms with E-state index in [0.29, 0.717) is 6.61 Å². The third kappa shape index (κ3) is 12.2. The van der Waals surface area contributed by atoms with Crippen molar-refractivity contribution in [3.05, 3.63) is 23.3 Å². The van der Waals surface area contributed by atoms with Crippen LogP contribution in [-0.2, 0) is 14.3 Å². The maximum Gasteiger partial charge on any atom is 0.316 e. The summed E-state index contributed by atoms with van der Waals surface area (Å²) in [5.74, 6) is -0.893. The Hall–Kier alpha value is -1.58. The fourth-order valence-corrected chi connectivity index (χ4v) is 3.71. The molecular formula is C26H44O4. The minimum absolute atomic E-state index is 0.0376. The highest BCUT2D eigenvalue weighted by Crippen LogP contribution is 2.34. The summed E-state index contributed by atoms with van der Waals surface area (Å²) in [6, 6.07) is 0. The van der Waals surface area contributed by atoms with Crippen LogP contribution in [0.1, 0.15) is 111 Å². The second-order valence-electron chi connectivity index (χ2n) is 8.56. The van der Waals surface area contributed by atoms with E-state index < -0.39 is 5.97 Å². The van der Waals surface area contributed by atoms with Gasteiger partial charge in [0.2, 0.25) is 0 Å². The maximum atomic E-state index is 11.3. The van der Waals surface area contributed by atoms with Crippen molar-refractivity contribution in [2.45, 2.75) is 111 Å². The molecule has 2 rings (SSSR count). The molecule has 0 aromatic rings. The molecule has 0 aliphatic heterocycles. The molecule has 0 aromatic carbocycles. The molecule has 2 aliphatic carbocycles. The molecule has 0 amide bonds. The molecule has 4 heteroatoms. The number of unbranched alkanes of at least 4 members (excludes halogenated alkanes) is 10. The Morgan fingerprint density at radius 3 is 1.60 bits per heavy atom. The summed E-state index contributed by atoms with van der Waals surface area (Å²) in [6.45, 7) is 6.80. The van der Waals surface area contributed by atoms with E-state index in [1.165, 1.54) is 82.6 Å². The van der Waals surface area contributed by atoms with E-state index in [4.69, 9.17) is 9.84 Å². The van der Waals surface area contributed by atoms with E-state index in [2.05, 4.69) is 13.8 Å². The van der Waals surface area contributed by atoms with Crippen LogP contribution in [0.4, 0.5) is 0 Å². The number of hydrogen-bond acceptors (Lipinski definition) is 3. The number of esters is 1. The number of carbonyl (C=O) groups excluding carboxylic acids is 1. The predicted molar refractivity (Wildman–Crippen MR) is 123 cm³/mol. The first-order chi connectivity index (χ1) is 14.5. The molecule has 0 radical (unpaired) electrons. The van der Waals surface area contributed by atoms with E-state index in [9.17, 15) is 9.59 Å². The van der Waals surface area contributed by atoms with Crippen molar-refractivity contribution >= 4 is 11.9 Å². The largest absolute Gasteiger partial charge is 0.481 e. The van der Waals surface area contributed by atoms with Gasteiger partial charge < -0.3 is 9.84 Å². The lowest BCUT2D eigenvalue weighted by Crippen LogP contribution is -2.08. The summed E-state index contributed by atoms with van der Waals surface area (Å²) >= 11 is 0. The Labute approximate surface area is 184 Å². The highest BCUT2D eigenvalue weighted by molar-refractivity contribution is 5.83. The molecule has 2 aliphatic rings. The summed E-state index contributed by atoms with van der Waals surface area (Å²) in [4.78, 5) is 21.8. The van der Waals surface area contributed by atoms with Crippen molar-refractivity contribution in [1.82, 2.24) is 0 Å². The minimum atomic E-state index is -0.675. The van der Waals surface area contributed by atoms with Crippen LogP contribution in [0, 0.1) is 11.8 Å². The van der Waals surface area contributed by atoms with Crippen LogP contribution in [0.25, 0.3) is 0 Å². The van der Waals surface area contributed by atoms with Crippen molar-refractivity contribution in [2.24, 2.45) is 11.8 Å². The van der Waals surface area contributed by atoms with Crippen molar-refractivity contribution in [3.63, 3.8) is 0 Å². The van der Waals surface area contributed by atoms with Gasteiger partial charge >= 0.3 is 11.9 Å². The Bertz CT molecular complexity index is 561. The summed E-state index contributed by atoms with van der Waals surface area (Å²) < 4.78 is 4.96. The second kappa shape index (κ2) is 16.2. The zero-order valence-corrected chi connectivity index (χ0v) is 19.6. The lowest BCUT2D eigenvalue weighted by atomic mass is 10.1. The molecule has 0 saturated carbocycles. The van der Waals surface area contributed by atoms with Gasteiger partial charge in [0, 0.05) is 0 Å². The molecule has 4 nitrogen and oxygen atoms in total. The van der Waals surface area contributed by atoms with Gasteiger partial charge in [-0.1, -0.05) is 101 Å². The molecule has 0 heterocycles. The van der Waals surface area contributed by atoms with Crippen molar-refractivity contribution in [3.8, 4) is 0 Å². The van der Waals surface area contributed by atoms with Gasteiger partial charge in [0.05, 0.1) is 18.4 Å². The molecular weight excluding hydrogens is 376 g/mol. The molecule has 2 atom stereocenters.